The molecular formula is C20H20N4O2. The van der Waals surface area contributed by atoms with Crippen molar-refractivity contribution in [1.29, 1.82) is 0 Å². The molecule has 0 aliphatic carbocycles. The Balaban J connectivity index is 1.59. The minimum absolute atomic E-state index is 0.0660. The van der Waals surface area contributed by atoms with E-state index in [0.717, 1.165) is 29.0 Å². The van der Waals surface area contributed by atoms with Crippen molar-refractivity contribution in [2.75, 3.05) is 6.61 Å². The zero-order valence-corrected chi connectivity index (χ0v) is 14.8. The summed E-state index contributed by atoms with van der Waals surface area (Å²) in [5.41, 5.74) is 3.49. The molecule has 3 aromatic rings. The Morgan fingerprint density at radius 2 is 2.15 bits per heavy atom. The number of benzene rings is 1. The minimum atomic E-state index is -0.135. The molecule has 26 heavy (non-hydrogen) atoms. The van der Waals surface area contributed by atoms with E-state index in [1.165, 1.54) is 0 Å². The molecule has 0 spiro atoms. The van der Waals surface area contributed by atoms with Gasteiger partial charge in [0.15, 0.2) is 5.82 Å². The molecule has 0 saturated heterocycles. The Hall–Kier alpha value is -3.15. The number of nitrogens with one attached hydrogen (secondary N) is 1. The van der Waals surface area contributed by atoms with Crippen LogP contribution in [0.15, 0.2) is 48.8 Å². The average molecular weight is 348 g/mol. The van der Waals surface area contributed by atoms with Gasteiger partial charge in [-0.1, -0.05) is 23.8 Å². The van der Waals surface area contributed by atoms with Crippen molar-refractivity contribution in [1.82, 2.24) is 20.1 Å². The Kier molecular flexibility index (Phi) is 4.16. The molecule has 132 valence electrons. The Morgan fingerprint density at radius 3 is 2.96 bits per heavy atom. The number of carbonyl (C=O) groups is 1. The fourth-order valence-electron chi connectivity index (χ4n) is 3.24. The van der Waals surface area contributed by atoms with Crippen molar-refractivity contribution in [3.8, 4) is 11.6 Å². The van der Waals surface area contributed by atoms with Crippen LogP contribution < -0.4 is 10.1 Å². The van der Waals surface area contributed by atoms with Gasteiger partial charge in [0.25, 0.3) is 5.91 Å². The number of aryl methyl sites for hydroxylation is 1. The molecule has 4 rings (SSSR count). The van der Waals surface area contributed by atoms with Crippen molar-refractivity contribution in [2.24, 2.45) is 0 Å². The minimum Gasteiger partial charge on any atom is -0.493 e. The maximum Gasteiger partial charge on any atom is 0.255 e. The Morgan fingerprint density at radius 1 is 1.27 bits per heavy atom. The van der Waals surface area contributed by atoms with Gasteiger partial charge in [0.05, 0.1) is 30.1 Å². The number of pyridine rings is 1. The second kappa shape index (κ2) is 6.63. The van der Waals surface area contributed by atoms with E-state index in [1.807, 2.05) is 44.2 Å². The van der Waals surface area contributed by atoms with E-state index < -0.39 is 0 Å². The lowest BCUT2D eigenvalue weighted by Crippen LogP contribution is -2.32. The fourth-order valence-corrected chi connectivity index (χ4v) is 3.24. The van der Waals surface area contributed by atoms with E-state index in [4.69, 9.17) is 4.74 Å². The van der Waals surface area contributed by atoms with E-state index in [1.54, 1.807) is 17.1 Å². The molecule has 0 saturated carbocycles. The van der Waals surface area contributed by atoms with E-state index in [0.29, 0.717) is 18.0 Å². The van der Waals surface area contributed by atoms with Crippen molar-refractivity contribution < 1.29 is 9.53 Å². The van der Waals surface area contributed by atoms with Crippen molar-refractivity contribution in [3.63, 3.8) is 0 Å². The number of carbonyl (C=O) groups excluding carboxylic acids is 1. The van der Waals surface area contributed by atoms with Crippen LogP contribution in [0, 0.1) is 13.8 Å². The number of amides is 1. The van der Waals surface area contributed by atoms with Crippen LogP contribution in [-0.4, -0.2) is 27.3 Å². The molecule has 1 aliphatic rings. The van der Waals surface area contributed by atoms with Gasteiger partial charge in [-0.15, -0.1) is 0 Å². The van der Waals surface area contributed by atoms with Crippen LogP contribution in [0.2, 0.25) is 0 Å². The Labute approximate surface area is 151 Å². The van der Waals surface area contributed by atoms with Crippen LogP contribution in [0.5, 0.6) is 5.75 Å². The highest BCUT2D eigenvalue weighted by molar-refractivity contribution is 5.95. The number of nitrogens with zero attached hydrogens (tertiary/aromatic N) is 3. The molecule has 1 N–H and O–H groups in total. The molecular weight excluding hydrogens is 328 g/mol. The number of aromatic nitrogens is 3. The standard InChI is InChI=1S/C20H20N4O2/c1-13-6-7-18-15(11-13)17(8-10-26-18)23-20(25)16-12-22-24(14(16)2)19-5-3-4-9-21-19/h3-7,9,11-12,17H,8,10H2,1-2H3,(H,23,25). The first-order valence-electron chi connectivity index (χ1n) is 8.64. The van der Waals surface area contributed by atoms with Gasteiger partial charge < -0.3 is 10.1 Å². The summed E-state index contributed by atoms with van der Waals surface area (Å²) in [5, 5.41) is 7.46. The van der Waals surface area contributed by atoms with Crippen LogP contribution in [0.1, 0.15) is 39.6 Å². The van der Waals surface area contributed by atoms with Crippen molar-refractivity contribution >= 4 is 5.91 Å². The average Bonchev–Trinajstić information content (AvgIpc) is 3.04. The largest absolute Gasteiger partial charge is 0.493 e. The van der Waals surface area contributed by atoms with E-state index in [9.17, 15) is 4.79 Å². The summed E-state index contributed by atoms with van der Waals surface area (Å²) < 4.78 is 7.38. The molecule has 1 amide bonds. The molecule has 2 aromatic heterocycles. The summed E-state index contributed by atoms with van der Waals surface area (Å²) >= 11 is 0. The lowest BCUT2D eigenvalue weighted by molar-refractivity contribution is 0.0924. The van der Waals surface area contributed by atoms with E-state index in [-0.39, 0.29) is 11.9 Å². The third-order valence-electron chi connectivity index (χ3n) is 4.63. The van der Waals surface area contributed by atoms with Crippen LogP contribution in [0.4, 0.5) is 0 Å². The van der Waals surface area contributed by atoms with Crippen LogP contribution in [-0.2, 0) is 0 Å². The van der Waals surface area contributed by atoms with Gasteiger partial charge in [0.1, 0.15) is 5.75 Å². The molecule has 1 aromatic carbocycles. The van der Waals surface area contributed by atoms with E-state index in [2.05, 4.69) is 21.5 Å². The molecule has 0 radical (unpaired) electrons. The smallest absolute Gasteiger partial charge is 0.255 e. The number of rotatable bonds is 3. The first-order chi connectivity index (χ1) is 12.6. The normalized spacial score (nSPS) is 15.8. The molecule has 3 heterocycles. The van der Waals surface area contributed by atoms with Gasteiger partial charge in [0.2, 0.25) is 0 Å². The second-order valence-corrected chi connectivity index (χ2v) is 6.45. The van der Waals surface area contributed by atoms with E-state index >= 15 is 0 Å². The van der Waals surface area contributed by atoms with Crippen LogP contribution in [0.25, 0.3) is 5.82 Å². The zero-order valence-electron chi connectivity index (χ0n) is 14.8. The second-order valence-electron chi connectivity index (χ2n) is 6.45. The quantitative estimate of drug-likeness (QED) is 0.789. The molecule has 0 fully saturated rings. The van der Waals surface area contributed by atoms with Crippen LogP contribution in [0.3, 0.4) is 0 Å². The molecule has 0 bridgehead atoms. The first-order valence-corrected chi connectivity index (χ1v) is 8.64. The fraction of sp³-hybridized carbons (Fsp3) is 0.250. The number of hydrogen-bond acceptors (Lipinski definition) is 4. The summed E-state index contributed by atoms with van der Waals surface area (Å²) in [6.07, 6.45) is 4.04. The monoisotopic (exact) mass is 348 g/mol. The van der Waals surface area contributed by atoms with Gasteiger partial charge in [-0.25, -0.2) is 9.67 Å². The number of ether oxygens (including phenoxy) is 1. The number of fused-ring (bicyclic) bond motifs is 1. The van der Waals surface area contributed by atoms with Gasteiger partial charge in [0, 0.05) is 18.2 Å². The topological polar surface area (TPSA) is 69.0 Å². The third kappa shape index (κ3) is 2.94. The van der Waals surface area contributed by atoms with Gasteiger partial charge in [-0.3, -0.25) is 4.79 Å². The predicted molar refractivity (Wildman–Crippen MR) is 97.6 cm³/mol. The molecule has 1 atom stereocenters. The van der Waals surface area contributed by atoms with Crippen molar-refractivity contribution in [3.05, 3.63) is 71.2 Å². The molecule has 6 heteroatoms. The predicted octanol–water partition coefficient (Wildman–Crippen LogP) is 3.14. The van der Waals surface area contributed by atoms with Crippen molar-refractivity contribution in [2.45, 2.75) is 26.3 Å². The van der Waals surface area contributed by atoms with Crippen LogP contribution >= 0.6 is 0 Å². The lowest BCUT2D eigenvalue weighted by atomic mass is 9.98. The first kappa shape index (κ1) is 16.3. The zero-order chi connectivity index (χ0) is 18.1. The summed E-state index contributed by atoms with van der Waals surface area (Å²) in [4.78, 5) is 17.1. The maximum absolute atomic E-state index is 12.8. The third-order valence-corrected chi connectivity index (χ3v) is 4.63. The highest BCUT2D eigenvalue weighted by Gasteiger charge is 2.25. The molecule has 6 nitrogen and oxygen atoms in total. The number of hydrogen-bond donors (Lipinski definition) is 1. The van der Waals surface area contributed by atoms with Gasteiger partial charge in [-0.05, 0) is 32.0 Å². The Bertz CT molecular complexity index is 950. The van der Waals surface area contributed by atoms with Gasteiger partial charge >= 0.3 is 0 Å². The summed E-state index contributed by atoms with van der Waals surface area (Å²) in [6, 6.07) is 11.6. The highest BCUT2D eigenvalue weighted by Crippen LogP contribution is 2.33. The summed E-state index contributed by atoms with van der Waals surface area (Å²) in [6.45, 7) is 4.50. The molecule has 1 unspecified atom stereocenters. The lowest BCUT2D eigenvalue weighted by Gasteiger charge is -2.27. The highest BCUT2D eigenvalue weighted by atomic mass is 16.5. The van der Waals surface area contributed by atoms with Gasteiger partial charge in [-0.2, -0.15) is 5.10 Å². The summed E-state index contributed by atoms with van der Waals surface area (Å²) in [5.74, 6) is 1.40. The SMILES string of the molecule is Cc1ccc2c(c1)C(NC(=O)c1cnn(-c3ccccn3)c1C)CCO2. The maximum atomic E-state index is 12.8. The summed E-state index contributed by atoms with van der Waals surface area (Å²) in [7, 11) is 0. The molecule has 1 aliphatic heterocycles.